The predicted octanol–water partition coefficient (Wildman–Crippen LogP) is 3.62. The van der Waals surface area contributed by atoms with Crippen LogP contribution in [0.1, 0.15) is 43.2 Å². The van der Waals surface area contributed by atoms with E-state index in [1.165, 1.54) is 11.1 Å². The molecule has 2 aromatic rings. The molecule has 0 atom stereocenters. The molecule has 2 aromatic carbocycles. The Morgan fingerprint density at radius 2 is 1.41 bits per heavy atom. The molecule has 22 heavy (non-hydrogen) atoms. The molecule has 0 fully saturated rings. The van der Waals surface area contributed by atoms with Gasteiger partial charge in [-0.3, -0.25) is 0 Å². The van der Waals surface area contributed by atoms with Crippen LogP contribution in [0.3, 0.4) is 0 Å². The summed E-state index contributed by atoms with van der Waals surface area (Å²) in [7, 11) is 0. The Kier molecular flexibility index (Phi) is 12.0. The molecule has 0 saturated heterocycles. The molecular weight excluding hydrogens is 276 g/mol. The first-order chi connectivity index (χ1) is 10.6. The lowest BCUT2D eigenvalue weighted by molar-refractivity contribution is -0.0424. The molecule has 0 aromatic heterocycles. The molecule has 122 valence electrons. The van der Waals surface area contributed by atoms with E-state index in [4.69, 9.17) is 15.3 Å². The molecule has 3 heteroatoms. The van der Waals surface area contributed by atoms with Crippen molar-refractivity contribution in [3.05, 3.63) is 71.3 Å². The topological polar surface area (TPSA) is 60.7 Å². The van der Waals surface area contributed by atoms with Crippen LogP contribution in [0.5, 0.6) is 0 Å². The molecule has 0 unspecified atom stereocenters. The van der Waals surface area contributed by atoms with E-state index < -0.39 is 6.29 Å². The normalized spacial score (nSPS) is 9.41. The average molecular weight is 304 g/mol. The Hall–Kier alpha value is -1.68. The summed E-state index contributed by atoms with van der Waals surface area (Å²) in [6.07, 6.45) is 0.514. The summed E-state index contributed by atoms with van der Waals surface area (Å²) in [5.74, 6) is 0. The third-order valence-corrected chi connectivity index (χ3v) is 2.96. The van der Waals surface area contributed by atoms with Crippen LogP contribution in [-0.2, 0) is 6.42 Å². The van der Waals surface area contributed by atoms with Crippen molar-refractivity contribution in [3.8, 4) is 0 Å². The van der Waals surface area contributed by atoms with Crippen molar-refractivity contribution >= 4 is 0 Å². The van der Waals surface area contributed by atoms with Gasteiger partial charge in [0.05, 0.1) is 0 Å². The number of hydrogen-bond donors (Lipinski definition) is 3. The van der Waals surface area contributed by atoms with E-state index in [0.29, 0.717) is 5.56 Å². The Labute approximate surface area is 133 Å². The summed E-state index contributed by atoms with van der Waals surface area (Å²) in [5, 5.41) is 25.8. The lowest BCUT2D eigenvalue weighted by atomic mass is 10.0. The van der Waals surface area contributed by atoms with Crippen LogP contribution in [0.4, 0.5) is 0 Å². The zero-order chi connectivity index (χ0) is 16.8. The van der Waals surface area contributed by atoms with E-state index in [9.17, 15) is 0 Å². The quantitative estimate of drug-likeness (QED) is 0.756. The molecule has 0 aliphatic rings. The van der Waals surface area contributed by atoms with Crippen LogP contribution in [0.2, 0.25) is 0 Å². The Bertz CT molecular complexity index is 481. The molecular formula is C19H28O3. The van der Waals surface area contributed by atoms with Gasteiger partial charge in [0.2, 0.25) is 0 Å². The van der Waals surface area contributed by atoms with Crippen LogP contribution in [0.25, 0.3) is 0 Å². The van der Waals surface area contributed by atoms with Gasteiger partial charge in [0.1, 0.15) is 0 Å². The molecule has 0 heterocycles. The maximum atomic E-state index is 8.62. The molecule has 3 N–H and O–H groups in total. The zero-order valence-electron chi connectivity index (χ0n) is 13.7. The summed E-state index contributed by atoms with van der Waals surface area (Å²) < 4.78 is 0. The van der Waals surface area contributed by atoms with E-state index >= 15 is 0 Å². The van der Waals surface area contributed by atoms with E-state index in [-0.39, 0.29) is 6.61 Å². The highest BCUT2D eigenvalue weighted by Gasteiger charge is 1.97. The van der Waals surface area contributed by atoms with E-state index in [1.54, 1.807) is 24.3 Å². The fourth-order valence-corrected chi connectivity index (χ4v) is 1.79. The van der Waals surface area contributed by atoms with E-state index in [0.717, 1.165) is 12.8 Å². The van der Waals surface area contributed by atoms with Crippen molar-refractivity contribution in [2.75, 3.05) is 6.61 Å². The van der Waals surface area contributed by atoms with Gasteiger partial charge in [0.25, 0.3) is 0 Å². The minimum atomic E-state index is -1.34. The molecule has 0 amide bonds. The Morgan fingerprint density at radius 3 is 1.86 bits per heavy atom. The third-order valence-electron chi connectivity index (χ3n) is 2.96. The molecule has 2 rings (SSSR count). The summed E-state index contributed by atoms with van der Waals surface area (Å²) >= 11 is 0. The number of aliphatic hydroxyl groups is 3. The van der Waals surface area contributed by atoms with Crippen molar-refractivity contribution in [3.63, 3.8) is 0 Å². The van der Waals surface area contributed by atoms with Crippen molar-refractivity contribution in [2.45, 2.75) is 39.9 Å². The molecule has 0 radical (unpaired) electrons. The first kappa shape index (κ1) is 20.3. The molecule has 0 aliphatic heterocycles. The number of benzene rings is 2. The summed E-state index contributed by atoms with van der Waals surface area (Å²) in [6.45, 7) is 6.39. The van der Waals surface area contributed by atoms with Gasteiger partial charge >= 0.3 is 0 Å². The minimum Gasteiger partial charge on any atom is -0.396 e. The van der Waals surface area contributed by atoms with Gasteiger partial charge in [-0.25, -0.2) is 0 Å². The second-order valence-electron chi connectivity index (χ2n) is 4.54. The van der Waals surface area contributed by atoms with Gasteiger partial charge in [-0.05, 0) is 30.9 Å². The van der Waals surface area contributed by atoms with Crippen LogP contribution in [-0.4, -0.2) is 21.9 Å². The summed E-state index contributed by atoms with van der Waals surface area (Å²) in [4.78, 5) is 0. The SMILES string of the molecule is CC.Cc1ccccc1CCCO.OC(O)c1ccccc1. The molecule has 0 saturated carbocycles. The van der Waals surface area contributed by atoms with Crippen LogP contribution >= 0.6 is 0 Å². The molecule has 0 bridgehead atoms. The van der Waals surface area contributed by atoms with Gasteiger partial charge in [0.15, 0.2) is 6.29 Å². The monoisotopic (exact) mass is 304 g/mol. The maximum Gasteiger partial charge on any atom is 0.178 e. The summed E-state index contributed by atoms with van der Waals surface area (Å²) in [6, 6.07) is 17.0. The molecule has 0 spiro atoms. The lowest BCUT2D eigenvalue weighted by Gasteiger charge is -2.02. The van der Waals surface area contributed by atoms with E-state index in [2.05, 4.69) is 19.1 Å². The number of aliphatic hydroxyl groups excluding tert-OH is 2. The fraction of sp³-hybridized carbons (Fsp3) is 0.368. The Balaban J connectivity index is 0.000000366. The predicted molar refractivity (Wildman–Crippen MR) is 91.6 cm³/mol. The molecule has 3 nitrogen and oxygen atoms in total. The van der Waals surface area contributed by atoms with Crippen molar-refractivity contribution in [1.82, 2.24) is 0 Å². The zero-order valence-corrected chi connectivity index (χ0v) is 13.7. The largest absolute Gasteiger partial charge is 0.396 e. The first-order valence-electron chi connectivity index (χ1n) is 7.71. The minimum absolute atomic E-state index is 0.286. The van der Waals surface area contributed by atoms with Crippen LogP contribution < -0.4 is 0 Å². The second kappa shape index (κ2) is 13.0. The number of aryl methyl sites for hydroxylation is 2. The first-order valence-corrected chi connectivity index (χ1v) is 7.71. The number of rotatable bonds is 4. The third kappa shape index (κ3) is 8.57. The maximum absolute atomic E-state index is 8.62. The van der Waals surface area contributed by atoms with Gasteiger partial charge in [-0.1, -0.05) is 68.4 Å². The van der Waals surface area contributed by atoms with Gasteiger partial charge in [-0.2, -0.15) is 0 Å². The molecule has 0 aliphatic carbocycles. The highest BCUT2D eigenvalue weighted by molar-refractivity contribution is 5.25. The van der Waals surface area contributed by atoms with Crippen LogP contribution in [0, 0.1) is 6.92 Å². The van der Waals surface area contributed by atoms with Crippen molar-refractivity contribution in [1.29, 1.82) is 0 Å². The van der Waals surface area contributed by atoms with Crippen LogP contribution in [0.15, 0.2) is 54.6 Å². The second-order valence-corrected chi connectivity index (χ2v) is 4.54. The standard InChI is InChI=1S/C10H14O.C7H8O2.C2H6/c1-9-5-2-3-6-10(9)7-4-8-11;8-7(9)6-4-2-1-3-5-6;1-2/h2-3,5-6,11H,4,7-8H2,1H3;1-5,7-9H;1-2H3. The van der Waals surface area contributed by atoms with Crippen molar-refractivity contribution in [2.24, 2.45) is 0 Å². The lowest BCUT2D eigenvalue weighted by Crippen LogP contribution is -1.92. The fourth-order valence-electron chi connectivity index (χ4n) is 1.79. The highest BCUT2D eigenvalue weighted by atomic mass is 16.5. The van der Waals surface area contributed by atoms with Crippen molar-refractivity contribution < 1.29 is 15.3 Å². The number of hydrogen-bond acceptors (Lipinski definition) is 3. The Morgan fingerprint density at radius 1 is 0.864 bits per heavy atom. The average Bonchev–Trinajstić information content (AvgIpc) is 2.57. The summed E-state index contributed by atoms with van der Waals surface area (Å²) in [5.41, 5.74) is 3.19. The van der Waals surface area contributed by atoms with Gasteiger partial charge in [-0.15, -0.1) is 0 Å². The van der Waals surface area contributed by atoms with E-state index in [1.807, 2.05) is 32.0 Å². The van der Waals surface area contributed by atoms with Gasteiger partial charge in [0, 0.05) is 12.2 Å². The van der Waals surface area contributed by atoms with Gasteiger partial charge < -0.3 is 15.3 Å². The smallest absolute Gasteiger partial charge is 0.178 e. The highest BCUT2D eigenvalue weighted by Crippen LogP contribution is 2.08.